The molecule has 0 aromatic carbocycles. The van der Waals surface area contributed by atoms with Crippen molar-refractivity contribution in [2.24, 2.45) is 0 Å². The summed E-state index contributed by atoms with van der Waals surface area (Å²) in [5.74, 6) is -1.08. The van der Waals surface area contributed by atoms with Crippen LogP contribution in [-0.4, -0.2) is 60.8 Å². The van der Waals surface area contributed by atoms with Crippen LogP contribution in [0, 0.1) is 0 Å². The lowest BCUT2D eigenvalue weighted by Crippen LogP contribution is -2.03. The number of carboxylic acids is 1. The molecule has 0 aliphatic rings. The van der Waals surface area contributed by atoms with Crippen molar-refractivity contribution in [1.82, 2.24) is 0 Å². The summed E-state index contributed by atoms with van der Waals surface area (Å²) in [4.78, 5) is 18.6. The number of aliphatic hydroxyl groups is 2. The van der Waals surface area contributed by atoms with Gasteiger partial charge in [0.25, 0.3) is 5.97 Å². The van der Waals surface area contributed by atoms with Gasteiger partial charge in [-0.15, -0.1) is 0 Å². The molecule has 0 saturated heterocycles. The van der Waals surface area contributed by atoms with Gasteiger partial charge < -0.3 is 24.8 Å². The molecule has 0 spiro atoms. The van der Waals surface area contributed by atoms with Gasteiger partial charge in [0.05, 0.1) is 33.5 Å². The van der Waals surface area contributed by atoms with Crippen LogP contribution in [0.3, 0.4) is 0 Å². The Hall–Kier alpha value is -1.18. The second-order valence-corrected chi connectivity index (χ2v) is 2.27. The van der Waals surface area contributed by atoms with Gasteiger partial charge in [-0.3, -0.25) is 9.59 Å². The van der Waals surface area contributed by atoms with E-state index in [1.165, 1.54) is 14.0 Å². The summed E-state index contributed by atoms with van der Waals surface area (Å²) in [6.07, 6.45) is 0. The molecule has 0 amide bonds. The fourth-order valence-corrected chi connectivity index (χ4v) is 0.231. The van der Waals surface area contributed by atoms with Crippen molar-refractivity contribution in [1.29, 1.82) is 0 Å². The van der Waals surface area contributed by atoms with Crippen molar-refractivity contribution in [3.05, 3.63) is 0 Å². The monoisotopic (exact) mass is 240 g/mol. The van der Waals surface area contributed by atoms with Crippen LogP contribution in [-0.2, 0) is 19.1 Å². The van der Waals surface area contributed by atoms with E-state index in [0.717, 1.165) is 6.92 Å². The number of rotatable bonds is 4. The van der Waals surface area contributed by atoms with E-state index in [0.29, 0.717) is 13.2 Å². The van der Waals surface area contributed by atoms with E-state index in [1.807, 2.05) is 0 Å². The molecule has 0 radical (unpaired) electrons. The van der Waals surface area contributed by atoms with Crippen LogP contribution in [0.25, 0.3) is 0 Å². The SMILES string of the molecule is CC(=O)O.COC(C)=O.OCCOCCO. The van der Waals surface area contributed by atoms with E-state index < -0.39 is 5.97 Å². The van der Waals surface area contributed by atoms with Gasteiger partial charge in [-0.2, -0.15) is 0 Å². The predicted octanol–water partition coefficient (Wildman–Crippen LogP) is -0.742. The van der Waals surface area contributed by atoms with Crippen molar-refractivity contribution in [2.75, 3.05) is 33.5 Å². The molecule has 0 unspecified atom stereocenters. The van der Waals surface area contributed by atoms with Gasteiger partial charge in [0.2, 0.25) is 0 Å². The quantitative estimate of drug-likeness (QED) is 0.438. The van der Waals surface area contributed by atoms with Crippen LogP contribution in [0.15, 0.2) is 0 Å². The standard InChI is InChI=1S/C4H10O3.C3H6O2.C2H4O2/c5-1-3-7-4-2-6;1-3(4)5-2;1-2(3)4/h5-6H,1-4H2;1-2H3;1H3,(H,3,4). The molecule has 3 N–H and O–H groups in total. The van der Waals surface area contributed by atoms with Gasteiger partial charge in [-0.25, -0.2) is 0 Å². The number of hydrogen-bond acceptors (Lipinski definition) is 6. The maximum absolute atomic E-state index is 9.59. The van der Waals surface area contributed by atoms with Gasteiger partial charge in [0.15, 0.2) is 0 Å². The zero-order valence-electron chi connectivity index (χ0n) is 9.80. The van der Waals surface area contributed by atoms with E-state index in [9.17, 15) is 4.79 Å². The minimum Gasteiger partial charge on any atom is -0.481 e. The van der Waals surface area contributed by atoms with E-state index >= 15 is 0 Å². The Morgan fingerprint density at radius 1 is 1.06 bits per heavy atom. The Morgan fingerprint density at radius 3 is 1.44 bits per heavy atom. The van der Waals surface area contributed by atoms with Crippen LogP contribution in [0.1, 0.15) is 13.8 Å². The predicted molar refractivity (Wildman–Crippen MR) is 56.0 cm³/mol. The normalized spacial score (nSPS) is 7.81. The summed E-state index contributed by atoms with van der Waals surface area (Å²) in [7, 11) is 1.35. The molecular weight excluding hydrogens is 220 g/mol. The minimum absolute atomic E-state index is 0.0278. The van der Waals surface area contributed by atoms with Crippen molar-refractivity contribution in [3.8, 4) is 0 Å². The van der Waals surface area contributed by atoms with E-state index in [1.54, 1.807) is 0 Å². The van der Waals surface area contributed by atoms with Crippen molar-refractivity contribution < 1.29 is 34.4 Å². The maximum atomic E-state index is 9.59. The summed E-state index contributed by atoms with van der Waals surface area (Å²) in [5, 5.41) is 23.6. The van der Waals surface area contributed by atoms with E-state index in [4.69, 9.17) is 20.1 Å². The van der Waals surface area contributed by atoms with Crippen LogP contribution in [0.4, 0.5) is 0 Å². The number of hydrogen-bond donors (Lipinski definition) is 3. The highest BCUT2D eigenvalue weighted by Crippen LogP contribution is 1.68. The van der Waals surface area contributed by atoms with Gasteiger partial charge in [0.1, 0.15) is 0 Å². The molecule has 16 heavy (non-hydrogen) atoms. The number of esters is 1. The zero-order chi connectivity index (χ0) is 13.4. The lowest BCUT2D eigenvalue weighted by Gasteiger charge is -1.94. The number of ether oxygens (including phenoxy) is 2. The summed E-state index contributed by atoms with van der Waals surface area (Å²) in [5.41, 5.74) is 0. The summed E-state index contributed by atoms with van der Waals surface area (Å²) in [6.45, 7) is 3.14. The van der Waals surface area contributed by atoms with Gasteiger partial charge >= 0.3 is 5.97 Å². The molecule has 0 saturated carbocycles. The third-order valence-electron chi connectivity index (χ3n) is 0.759. The molecule has 0 heterocycles. The average molecular weight is 240 g/mol. The van der Waals surface area contributed by atoms with Gasteiger partial charge in [0, 0.05) is 13.8 Å². The Labute approximate surface area is 94.6 Å². The second kappa shape index (κ2) is 19.4. The number of carbonyl (C=O) groups excluding carboxylic acids is 1. The first kappa shape index (κ1) is 20.3. The highest BCUT2D eigenvalue weighted by atomic mass is 16.5. The Bertz CT molecular complexity index is 150. The number of methoxy groups -OCH3 is 1. The lowest BCUT2D eigenvalue weighted by atomic mass is 10.7. The molecule has 0 aromatic heterocycles. The van der Waals surface area contributed by atoms with Crippen LogP contribution >= 0.6 is 0 Å². The fraction of sp³-hybridized carbons (Fsp3) is 0.778. The smallest absolute Gasteiger partial charge is 0.302 e. The largest absolute Gasteiger partial charge is 0.481 e. The zero-order valence-corrected chi connectivity index (χ0v) is 9.80. The highest BCUT2D eigenvalue weighted by Gasteiger charge is 1.79. The van der Waals surface area contributed by atoms with Crippen molar-refractivity contribution in [2.45, 2.75) is 13.8 Å². The second-order valence-electron chi connectivity index (χ2n) is 2.27. The third-order valence-corrected chi connectivity index (χ3v) is 0.759. The Balaban J connectivity index is -0.000000166. The topological polar surface area (TPSA) is 113 Å². The van der Waals surface area contributed by atoms with Gasteiger partial charge in [-0.05, 0) is 0 Å². The number of aliphatic hydroxyl groups excluding tert-OH is 2. The van der Waals surface area contributed by atoms with E-state index in [-0.39, 0.29) is 19.2 Å². The first-order valence-electron chi connectivity index (χ1n) is 4.45. The average Bonchev–Trinajstić information content (AvgIpc) is 2.19. The van der Waals surface area contributed by atoms with Crippen LogP contribution < -0.4 is 0 Å². The van der Waals surface area contributed by atoms with Gasteiger partial charge in [-0.1, -0.05) is 0 Å². The van der Waals surface area contributed by atoms with Crippen LogP contribution in [0.2, 0.25) is 0 Å². The molecule has 7 nitrogen and oxygen atoms in total. The number of aliphatic carboxylic acids is 1. The summed E-state index contributed by atoms with van der Waals surface area (Å²) in [6, 6.07) is 0. The molecule has 0 aliphatic heterocycles. The lowest BCUT2D eigenvalue weighted by molar-refractivity contribution is -0.138. The minimum atomic E-state index is -0.833. The number of carbonyl (C=O) groups is 2. The Morgan fingerprint density at radius 2 is 1.31 bits per heavy atom. The van der Waals surface area contributed by atoms with Crippen LogP contribution in [0.5, 0.6) is 0 Å². The first-order valence-corrected chi connectivity index (χ1v) is 4.45. The molecule has 7 heteroatoms. The van der Waals surface area contributed by atoms with E-state index in [2.05, 4.69) is 9.47 Å². The maximum Gasteiger partial charge on any atom is 0.302 e. The molecule has 0 atom stereocenters. The van der Waals surface area contributed by atoms with Crippen molar-refractivity contribution >= 4 is 11.9 Å². The summed E-state index contributed by atoms with van der Waals surface area (Å²) < 4.78 is 8.74. The molecular formula is C9H20O7. The highest BCUT2D eigenvalue weighted by molar-refractivity contribution is 5.65. The fourth-order valence-electron chi connectivity index (χ4n) is 0.231. The molecule has 0 bridgehead atoms. The molecule has 0 aliphatic carbocycles. The molecule has 0 fully saturated rings. The number of carboxylic acid groups (broad SMARTS) is 1. The Kier molecular flexibility index (Phi) is 24.6. The third kappa shape index (κ3) is 77.1. The van der Waals surface area contributed by atoms with Crippen molar-refractivity contribution in [3.63, 3.8) is 0 Å². The summed E-state index contributed by atoms with van der Waals surface area (Å²) >= 11 is 0. The molecule has 98 valence electrons. The molecule has 0 rings (SSSR count). The first-order chi connectivity index (χ1) is 7.42. The molecule has 0 aromatic rings.